The summed E-state index contributed by atoms with van der Waals surface area (Å²) in [4.78, 5) is 41.5. The van der Waals surface area contributed by atoms with E-state index in [-0.39, 0.29) is 23.7 Å². The number of carbonyl (C=O) groups excluding carboxylic acids is 3. The first-order valence-electron chi connectivity index (χ1n) is 9.57. The summed E-state index contributed by atoms with van der Waals surface area (Å²) in [5.41, 5.74) is 0.714. The van der Waals surface area contributed by atoms with Crippen LogP contribution in [0.3, 0.4) is 0 Å². The second-order valence-electron chi connectivity index (χ2n) is 8.80. The van der Waals surface area contributed by atoms with Gasteiger partial charge < -0.3 is 4.90 Å². The summed E-state index contributed by atoms with van der Waals surface area (Å²) in [7, 11) is 1.67. The molecule has 4 aliphatic rings. The van der Waals surface area contributed by atoms with E-state index in [9.17, 15) is 14.4 Å². The Morgan fingerprint density at radius 3 is 2.41 bits per heavy atom. The number of urea groups is 1. The highest BCUT2D eigenvalue weighted by Gasteiger charge is 2.62. The topological polar surface area (TPSA) is 57.7 Å². The van der Waals surface area contributed by atoms with Crippen LogP contribution in [0.1, 0.15) is 44.0 Å². The smallest absolute Gasteiger partial charge is 0.309 e. The normalized spacial score (nSPS) is 31.6. The van der Waals surface area contributed by atoms with Gasteiger partial charge in [0.2, 0.25) is 0 Å². The second kappa shape index (κ2) is 5.78. The zero-order chi connectivity index (χ0) is 19.6. The third-order valence-corrected chi connectivity index (χ3v) is 7.28. The quantitative estimate of drug-likeness (QED) is 0.465. The van der Waals surface area contributed by atoms with Crippen molar-refractivity contribution < 1.29 is 14.4 Å². The number of fused-ring (bicyclic) bond motifs is 1. The van der Waals surface area contributed by atoms with E-state index in [4.69, 9.17) is 0 Å². The minimum Gasteiger partial charge on any atom is -0.309 e. The number of allylic oxidation sites excluding steroid dienone is 1. The molecule has 2 fully saturated rings. The van der Waals surface area contributed by atoms with Crippen molar-refractivity contribution in [1.29, 1.82) is 0 Å². The predicted octanol–water partition coefficient (Wildman–Crippen LogP) is 3.51. The molecule has 3 atom stereocenters. The third-order valence-electron chi connectivity index (χ3n) is 7.28. The Balaban J connectivity index is 1.63. The van der Waals surface area contributed by atoms with Crippen LogP contribution in [0, 0.1) is 17.3 Å². The van der Waals surface area contributed by atoms with Crippen LogP contribution in [0.2, 0.25) is 0 Å². The van der Waals surface area contributed by atoms with Gasteiger partial charge in [0.25, 0.3) is 5.91 Å². The maximum atomic E-state index is 13.4. The number of rotatable bonds is 4. The van der Waals surface area contributed by atoms with Gasteiger partial charge in [0, 0.05) is 12.6 Å². The largest absolute Gasteiger partial charge is 0.328 e. The molecule has 5 heteroatoms. The number of benzene rings is 1. The Morgan fingerprint density at radius 1 is 1.15 bits per heavy atom. The number of amides is 3. The molecular formula is C22H26N2O3. The number of hydrogen-bond donors (Lipinski definition) is 0. The molecule has 1 heterocycles. The Morgan fingerprint density at radius 2 is 1.81 bits per heavy atom. The monoisotopic (exact) mass is 366 g/mol. The van der Waals surface area contributed by atoms with Gasteiger partial charge in [0.15, 0.2) is 5.78 Å². The highest BCUT2D eigenvalue weighted by molar-refractivity contribution is 6.12. The third kappa shape index (κ3) is 2.33. The molecule has 5 nitrogen and oxygen atoms in total. The van der Waals surface area contributed by atoms with Gasteiger partial charge in [-0.15, -0.1) is 0 Å². The van der Waals surface area contributed by atoms with E-state index in [2.05, 4.69) is 19.9 Å². The lowest BCUT2D eigenvalue weighted by Crippen LogP contribution is -2.57. The molecule has 27 heavy (non-hydrogen) atoms. The molecule has 1 aromatic carbocycles. The lowest BCUT2D eigenvalue weighted by molar-refractivity contribution is -0.132. The van der Waals surface area contributed by atoms with Gasteiger partial charge in [0.1, 0.15) is 5.54 Å². The van der Waals surface area contributed by atoms with Crippen LogP contribution in [0.5, 0.6) is 0 Å². The van der Waals surface area contributed by atoms with Gasteiger partial charge in [-0.25, -0.2) is 4.79 Å². The fourth-order valence-electron chi connectivity index (χ4n) is 5.07. The van der Waals surface area contributed by atoms with Crippen molar-refractivity contribution in [2.24, 2.45) is 17.3 Å². The number of ketones is 1. The number of hydrogen-bond acceptors (Lipinski definition) is 3. The van der Waals surface area contributed by atoms with Crippen molar-refractivity contribution in [2.75, 3.05) is 13.6 Å². The summed E-state index contributed by atoms with van der Waals surface area (Å²) in [5, 5.41) is 0. The Hall–Kier alpha value is -2.43. The Kier molecular flexibility index (Phi) is 3.85. The van der Waals surface area contributed by atoms with Crippen LogP contribution >= 0.6 is 0 Å². The van der Waals surface area contributed by atoms with E-state index in [1.807, 2.05) is 13.0 Å². The molecule has 0 spiro atoms. The van der Waals surface area contributed by atoms with Crippen molar-refractivity contribution >= 4 is 17.7 Å². The highest BCUT2D eigenvalue weighted by Crippen LogP contribution is 2.62. The molecule has 5 rings (SSSR count). The lowest BCUT2D eigenvalue weighted by atomic mass is 9.47. The van der Waals surface area contributed by atoms with Gasteiger partial charge in [-0.3, -0.25) is 14.5 Å². The summed E-state index contributed by atoms with van der Waals surface area (Å²) in [5.74, 6) is 0.455. The molecule has 3 aliphatic carbocycles. The molecule has 0 N–H and O–H groups in total. The first-order valence-corrected chi connectivity index (χ1v) is 9.57. The van der Waals surface area contributed by atoms with Crippen LogP contribution in [0.15, 0.2) is 42.0 Å². The SMILES string of the molecule is CN1C(=O)N(CC(=O)c2ccccc2)C(=O)C1(C)C1=CC[C@H]2C[C@@H]1C2(C)C. The summed E-state index contributed by atoms with van der Waals surface area (Å²) in [6.07, 6.45) is 4.19. The molecule has 1 saturated heterocycles. The lowest BCUT2D eigenvalue weighted by Gasteiger charge is -2.59. The van der Waals surface area contributed by atoms with Crippen LogP contribution in [0.25, 0.3) is 0 Å². The molecule has 1 aliphatic heterocycles. The van der Waals surface area contributed by atoms with Crippen molar-refractivity contribution in [3.63, 3.8) is 0 Å². The summed E-state index contributed by atoms with van der Waals surface area (Å²) >= 11 is 0. The molecule has 1 saturated carbocycles. The van der Waals surface area contributed by atoms with Gasteiger partial charge in [-0.05, 0) is 42.6 Å². The zero-order valence-electron chi connectivity index (χ0n) is 16.4. The second-order valence-corrected chi connectivity index (χ2v) is 8.80. The number of Topliss-reactive ketones (excluding diaryl/α,β-unsaturated/α-hetero) is 1. The average molecular weight is 366 g/mol. The molecule has 1 unspecified atom stereocenters. The molecule has 142 valence electrons. The van der Waals surface area contributed by atoms with E-state index < -0.39 is 11.6 Å². The molecule has 1 aromatic rings. The summed E-state index contributed by atoms with van der Waals surface area (Å²) in [6, 6.07) is 8.40. The van der Waals surface area contributed by atoms with Gasteiger partial charge in [-0.1, -0.05) is 50.3 Å². The van der Waals surface area contributed by atoms with E-state index >= 15 is 0 Å². The molecule has 0 radical (unpaired) electrons. The maximum absolute atomic E-state index is 13.4. The maximum Gasteiger partial charge on any atom is 0.328 e. The van der Waals surface area contributed by atoms with Crippen LogP contribution < -0.4 is 0 Å². The van der Waals surface area contributed by atoms with Crippen LogP contribution in [-0.4, -0.2) is 46.7 Å². The number of carbonyl (C=O) groups is 3. The van der Waals surface area contributed by atoms with Crippen molar-refractivity contribution in [1.82, 2.24) is 9.80 Å². The average Bonchev–Trinajstić information content (AvgIpc) is 2.84. The molecule has 0 aromatic heterocycles. The molecule has 3 amide bonds. The van der Waals surface area contributed by atoms with Crippen molar-refractivity contribution in [3.05, 3.63) is 47.5 Å². The number of imide groups is 1. The first kappa shape index (κ1) is 18.0. The fourth-order valence-corrected chi connectivity index (χ4v) is 5.07. The minimum absolute atomic E-state index is 0.157. The summed E-state index contributed by atoms with van der Waals surface area (Å²) < 4.78 is 0. The summed E-state index contributed by atoms with van der Waals surface area (Å²) in [6.45, 7) is 6.12. The molecule has 2 bridgehead atoms. The fraction of sp³-hybridized carbons (Fsp3) is 0.500. The highest BCUT2D eigenvalue weighted by atomic mass is 16.2. The van der Waals surface area contributed by atoms with E-state index in [0.717, 1.165) is 23.3 Å². The van der Waals surface area contributed by atoms with E-state index in [1.165, 1.54) is 4.90 Å². The Labute approximate surface area is 160 Å². The van der Waals surface area contributed by atoms with Gasteiger partial charge >= 0.3 is 6.03 Å². The van der Waals surface area contributed by atoms with Crippen molar-refractivity contribution in [3.8, 4) is 0 Å². The number of likely N-dealkylation sites (N-methyl/N-ethyl adjacent to an activating group) is 1. The Bertz CT molecular complexity index is 858. The molecular weight excluding hydrogens is 340 g/mol. The van der Waals surface area contributed by atoms with E-state index in [1.54, 1.807) is 31.3 Å². The van der Waals surface area contributed by atoms with Gasteiger partial charge in [-0.2, -0.15) is 0 Å². The first-order chi connectivity index (χ1) is 12.7. The van der Waals surface area contributed by atoms with Crippen LogP contribution in [0.4, 0.5) is 4.79 Å². The van der Waals surface area contributed by atoms with Crippen molar-refractivity contribution in [2.45, 2.75) is 39.2 Å². The van der Waals surface area contributed by atoms with Crippen LogP contribution in [-0.2, 0) is 4.79 Å². The standard InChI is InChI=1S/C22H26N2O3/c1-21(2)15-10-11-16(17(21)12-15)22(3)19(26)24(20(27)23(22)4)13-18(25)14-8-6-5-7-9-14/h5-9,11,15,17H,10,12-13H2,1-4H3/t15-,17-,22?/m0/s1. The predicted molar refractivity (Wildman–Crippen MR) is 102 cm³/mol. The van der Waals surface area contributed by atoms with Gasteiger partial charge in [0.05, 0.1) is 6.54 Å². The number of nitrogens with zero attached hydrogens (tertiary/aromatic N) is 2. The zero-order valence-corrected chi connectivity index (χ0v) is 16.4. The minimum atomic E-state index is -0.999. The van der Waals surface area contributed by atoms with E-state index in [0.29, 0.717) is 17.4 Å².